The molecular formula is C16H23N3O. The second kappa shape index (κ2) is 7.10. The molecule has 0 spiro atoms. The Bertz CT molecular complexity index is 509. The zero-order chi connectivity index (χ0) is 14.4. The van der Waals surface area contributed by atoms with Crippen LogP contribution in [-0.4, -0.2) is 29.3 Å². The highest BCUT2D eigenvalue weighted by Gasteiger charge is 2.12. The molecule has 1 aromatic carbocycles. The van der Waals surface area contributed by atoms with Gasteiger partial charge in [0.25, 0.3) is 0 Å². The molecule has 4 heteroatoms. The fraction of sp³-hybridized carbons (Fsp3) is 0.438. The highest BCUT2D eigenvalue weighted by atomic mass is 16.5. The molecule has 4 nitrogen and oxygen atoms in total. The van der Waals surface area contributed by atoms with Crippen molar-refractivity contribution in [3.05, 3.63) is 48.3 Å². The van der Waals surface area contributed by atoms with Gasteiger partial charge in [-0.3, -0.25) is 0 Å². The third-order valence-corrected chi connectivity index (χ3v) is 3.31. The van der Waals surface area contributed by atoms with E-state index in [1.165, 1.54) is 5.56 Å². The van der Waals surface area contributed by atoms with Crippen molar-refractivity contribution in [3.8, 4) is 0 Å². The molecule has 0 fully saturated rings. The van der Waals surface area contributed by atoms with Gasteiger partial charge in [-0.1, -0.05) is 30.3 Å². The van der Waals surface area contributed by atoms with Gasteiger partial charge in [-0.05, 0) is 25.8 Å². The van der Waals surface area contributed by atoms with Crippen molar-refractivity contribution in [1.82, 2.24) is 9.55 Å². The normalized spacial score (nSPS) is 13.9. The number of hydrogen-bond acceptors (Lipinski definition) is 3. The molecule has 0 aliphatic rings. The summed E-state index contributed by atoms with van der Waals surface area (Å²) >= 11 is 0. The van der Waals surface area contributed by atoms with Crippen molar-refractivity contribution in [1.29, 1.82) is 0 Å². The van der Waals surface area contributed by atoms with Gasteiger partial charge in [-0.15, -0.1) is 0 Å². The van der Waals surface area contributed by atoms with Gasteiger partial charge in [0.15, 0.2) is 0 Å². The minimum Gasteiger partial charge on any atom is -0.383 e. The first-order valence-corrected chi connectivity index (χ1v) is 7.03. The van der Waals surface area contributed by atoms with Crippen molar-refractivity contribution < 1.29 is 4.74 Å². The number of benzene rings is 1. The smallest absolute Gasteiger partial charge is 0.203 e. The molecule has 20 heavy (non-hydrogen) atoms. The van der Waals surface area contributed by atoms with E-state index in [1.54, 1.807) is 7.11 Å². The van der Waals surface area contributed by atoms with E-state index in [0.29, 0.717) is 12.6 Å². The Morgan fingerprint density at radius 3 is 2.70 bits per heavy atom. The number of imidazole rings is 1. The number of methoxy groups -OCH3 is 1. The first-order chi connectivity index (χ1) is 9.70. The van der Waals surface area contributed by atoms with Gasteiger partial charge < -0.3 is 14.6 Å². The van der Waals surface area contributed by atoms with E-state index in [9.17, 15) is 0 Å². The number of hydrogen-bond donors (Lipinski definition) is 1. The molecule has 2 unspecified atom stereocenters. The highest BCUT2D eigenvalue weighted by molar-refractivity contribution is 5.28. The van der Waals surface area contributed by atoms with Crippen LogP contribution < -0.4 is 5.32 Å². The molecule has 0 aliphatic heterocycles. The second-order valence-corrected chi connectivity index (χ2v) is 5.20. The Kier molecular flexibility index (Phi) is 5.18. The van der Waals surface area contributed by atoms with Gasteiger partial charge in [-0.2, -0.15) is 0 Å². The first-order valence-electron chi connectivity index (χ1n) is 7.03. The van der Waals surface area contributed by atoms with Crippen molar-refractivity contribution in [2.75, 3.05) is 19.0 Å². The van der Waals surface area contributed by atoms with Crippen LogP contribution in [0.25, 0.3) is 0 Å². The molecule has 2 atom stereocenters. The summed E-state index contributed by atoms with van der Waals surface area (Å²) in [7, 11) is 1.71. The Labute approximate surface area is 120 Å². The molecule has 2 aromatic rings. The minimum atomic E-state index is 0.241. The Morgan fingerprint density at radius 2 is 2.00 bits per heavy atom. The SMILES string of the molecule is COCC(C)Nc1nccn1C(C)Cc1ccccc1. The van der Waals surface area contributed by atoms with Crippen LogP contribution in [0.1, 0.15) is 25.5 Å². The predicted octanol–water partition coefficient (Wildman–Crippen LogP) is 3.13. The Balaban J connectivity index is 2.03. The lowest BCUT2D eigenvalue weighted by molar-refractivity contribution is 0.190. The molecule has 0 radical (unpaired) electrons. The molecule has 1 aromatic heterocycles. The number of nitrogens with zero attached hydrogens (tertiary/aromatic N) is 2. The maximum absolute atomic E-state index is 5.15. The molecule has 108 valence electrons. The van der Waals surface area contributed by atoms with Crippen LogP contribution in [0.2, 0.25) is 0 Å². The maximum Gasteiger partial charge on any atom is 0.203 e. The predicted molar refractivity (Wildman–Crippen MR) is 82.0 cm³/mol. The van der Waals surface area contributed by atoms with Crippen LogP contribution in [0, 0.1) is 0 Å². The molecule has 1 heterocycles. The highest BCUT2D eigenvalue weighted by Crippen LogP contribution is 2.18. The average molecular weight is 273 g/mol. The Hall–Kier alpha value is -1.81. The van der Waals surface area contributed by atoms with E-state index in [1.807, 2.05) is 18.5 Å². The van der Waals surface area contributed by atoms with E-state index >= 15 is 0 Å². The summed E-state index contributed by atoms with van der Waals surface area (Å²) in [5.41, 5.74) is 1.34. The molecule has 1 N–H and O–H groups in total. The molecule has 0 amide bonds. The molecule has 0 bridgehead atoms. The standard InChI is InChI=1S/C16H23N3O/c1-13(12-20-3)18-16-17-9-10-19(16)14(2)11-15-7-5-4-6-8-15/h4-10,13-14H,11-12H2,1-3H3,(H,17,18). The minimum absolute atomic E-state index is 0.241. The van der Waals surface area contributed by atoms with Crippen LogP contribution in [0.5, 0.6) is 0 Å². The fourth-order valence-corrected chi connectivity index (χ4v) is 2.35. The quantitative estimate of drug-likeness (QED) is 0.842. The zero-order valence-electron chi connectivity index (χ0n) is 12.4. The van der Waals surface area contributed by atoms with Crippen molar-refractivity contribution >= 4 is 5.95 Å². The van der Waals surface area contributed by atoms with Crippen molar-refractivity contribution in [2.24, 2.45) is 0 Å². The summed E-state index contributed by atoms with van der Waals surface area (Å²) in [5, 5.41) is 3.38. The number of nitrogens with one attached hydrogen (secondary N) is 1. The zero-order valence-corrected chi connectivity index (χ0v) is 12.4. The van der Waals surface area contributed by atoms with E-state index in [2.05, 4.69) is 53.0 Å². The number of anilines is 1. The van der Waals surface area contributed by atoms with Crippen LogP contribution in [0.4, 0.5) is 5.95 Å². The third-order valence-electron chi connectivity index (χ3n) is 3.31. The number of rotatable bonds is 7. The van der Waals surface area contributed by atoms with E-state index in [-0.39, 0.29) is 6.04 Å². The molecule has 0 aliphatic carbocycles. The summed E-state index contributed by atoms with van der Waals surface area (Å²) < 4.78 is 7.33. The average Bonchev–Trinajstić information content (AvgIpc) is 2.88. The van der Waals surface area contributed by atoms with E-state index in [4.69, 9.17) is 4.74 Å². The summed E-state index contributed by atoms with van der Waals surface area (Å²) in [6, 6.07) is 11.1. The maximum atomic E-state index is 5.15. The van der Waals surface area contributed by atoms with Gasteiger partial charge in [-0.25, -0.2) is 4.98 Å². The fourth-order valence-electron chi connectivity index (χ4n) is 2.35. The largest absolute Gasteiger partial charge is 0.383 e. The van der Waals surface area contributed by atoms with Crippen LogP contribution in [-0.2, 0) is 11.2 Å². The van der Waals surface area contributed by atoms with E-state index < -0.39 is 0 Å². The van der Waals surface area contributed by atoms with Gasteiger partial charge >= 0.3 is 0 Å². The number of aromatic nitrogens is 2. The van der Waals surface area contributed by atoms with Gasteiger partial charge in [0, 0.05) is 31.6 Å². The third kappa shape index (κ3) is 3.84. The first kappa shape index (κ1) is 14.6. The second-order valence-electron chi connectivity index (χ2n) is 5.20. The Morgan fingerprint density at radius 1 is 1.25 bits per heavy atom. The molecule has 0 saturated heterocycles. The lowest BCUT2D eigenvalue weighted by Gasteiger charge is -2.19. The molecular weight excluding hydrogens is 250 g/mol. The van der Waals surface area contributed by atoms with Crippen molar-refractivity contribution in [2.45, 2.75) is 32.4 Å². The topological polar surface area (TPSA) is 39.1 Å². The summed E-state index contributed by atoms with van der Waals surface area (Å²) in [6.07, 6.45) is 4.85. The van der Waals surface area contributed by atoms with Gasteiger partial charge in [0.05, 0.1) is 6.61 Å². The van der Waals surface area contributed by atoms with Crippen LogP contribution >= 0.6 is 0 Å². The van der Waals surface area contributed by atoms with Crippen LogP contribution in [0.3, 0.4) is 0 Å². The number of ether oxygens (including phenoxy) is 1. The molecule has 2 rings (SSSR count). The summed E-state index contributed by atoms with van der Waals surface area (Å²) in [4.78, 5) is 4.40. The lowest BCUT2D eigenvalue weighted by atomic mass is 10.1. The monoisotopic (exact) mass is 273 g/mol. The molecule has 0 saturated carbocycles. The summed E-state index contributed by atoms with van der Waals surface area (Å²) in [5.74, 6) is 0.901. The lowest BCUT2D eigenvalue weighted by Crippen LogP contribution is -2.24. The van der Waals surface area contributed by atoms with Gasteiger partial charge in [0.2, 0.25) is 5.95 Å². The van der Waals surface area contributed by atoms with E-state index in [0.717, 1.165) is 12.4 Å². The van der Waals surface area contributed by atoms with Crippen LogP contribution in [0.15, 0.2) is 42.7 Å². The summed E-state index contributed by atoms with van der Waals surface area (Å²) in [6.45, 7) is 4.96. The van der Waals surface area contributed by atoms with Gasteiger partial charge in [0.1, 0.15) is 0 Å². The van der Waals surface area contributed by atoms with Crippen molar-refractivity contribution in [3.63, 3.8) is 0 Å².